The quantitative estimate of drug-likeness (QED) is 0.522. The van der Waals surface area contributed by atoms with E-state index in [1.165, 1.54) is 11.3 Å². The second-order valence-electron chi connectivity index (χ2n) is 6.02. The van der Waals surface area contributed by atoms with Gasteiger partial charge >= 0.3 is 5.97 Å². The summed E-state index contributed by atoms with van der Waals surface area (Å²) in [5.41, 5.74) is 2.59. The highest BCUT2D eigenvalue weighted by molar-refractivity contribution is 7.18. The Hall–Kier alpha value is -1.53. The van der Waals surface area contributed by atoms with Gasteiger partial charge in [-0.05, 0) is 29.9 Å². The van der Waals surface area contributed by atoms with E-state index in [4.69, 9.17) is 44.6 Å². The number of ether oxygens (including phenoxy) is 1. The van der Waals surface area contributed by atoms with Crippen LogP contribution in [0.3, 0.4) is 0 Å². The minimum absolute atomic E-state index is 0.0985. The number of aromatic nitrogens is 1. The average Bonchev–Trinajstić information content (AvgIpc) is 3.16. The van der Waals surface area contributed by atoms with Gasteiger partial charge in [0.1, 0.15) is 22.0 Å². The lowest BCUT2D eigenvalue weighted by molar-refractivity contribution is -0.136. The molecule has 0 amide bonds. The SMILES string of the molecule is O=C(O)Cc1csc2c(Cl)c(OC3CCc4nc(Cl)ccc43)cc(Cl)c12. The van der Waals surface area contributed by atoms with Crippen LogP contribution in [-0.4, -0.2) is 16.1 Å². The summed E-state index contributed by atoms with van der Waals surface area (Å²) in [6.45, 7) is 0. The molecule has 0 saturated carbocycles. The molecule has 4 nitrogen and oxygen atoms in total. The number of fused-ring (bicyclic) bond motifs is 2. The number of aryl methyl sites for hydroxylation is 1. The molecule has 26 heavy (non-hydrogen) atoms. The normalized spacial score (nSPS) is 16.0. The third kappa shape index (κ3) is 3.14. The Labute approximate surface area is 168 Å². The van der Waals surface area contributed by atoms with E-state index in [1.807, 2.05) is 6.07 Å². The highest BCUT2D eigenvalue weighted by Crippen LogP contribution is 2.45. The first-order valence-corrected chi connectivity index (χ1v) is 9.87. The molecule has 0 saturated heterocycles. The van der Waals surface area contributed by atoms with Crippen LogP contribution >= 0.6 is 46.1 Å². The average molecular weight is 429 g/mol. The number of hydrogen-bond acceptors (Lipinski definition) is 4. The van der Waals surface area contributed by atoms with Crippen molar-refractivity contribution in [2.45, 2.75) is 25.4 Å². The summed E-state index contributed by atoms with van der Waals surface area (Å²) in [4.78, 5) is 15.4. The minimum atomic E-state index is -0.911. The van der Waals surface area contributed by atoms with Gasteiger partial charge in [0.2, 0.25) is 0 Å². The maximum atomic E-state index is 11.0. The lowest BCUT2D eigenvalue weighted by Crippen LogP contribution is -2.04. The summed E-state index contributed by atoms with van der Waals surface area (Å²) in [6.07, 6.45) is 1.30. The highest BCUT2D eigenvalue weighted by Gasteiger charge is 2.27. The van der Waals surface area contributed by atoms with Gasteiger partial charge in [-0.2, -0.15) is 0 Å². The number of carboxylic acid groups (broad SMARTS) is 1. The second-order valence-corrected chi connectivity index (χ2v) is 8.07. The van der Waals surface area contributed by atoms with Gasteiger partial charge in [-0.25, -0.2) is 4.98 Å². The van der Waals surface area contributed by atoms with E-state index < -0.39 is 5.97 Å². The first kappa shape index (κ1) is 17.9. The van der Waals surface area contributed by atoms with E-state index in [2.05, 4.69) is 4.98 Å². The third-order valence-corrected chi connectivity index (χ3v) is 6.40. The molecule has 1 aromatic carbocycles. The standard InChI is InChI=1S/C18H12Cl3NO3S/c19-10-6-13(17(21)18-16(10)8(7-26-18)5-15(23)24)25-12-3-2-11-9(12)1-4-14(20)22-11/h1,4,6-7,12H,2-3,5H2,(H,23,24). The van der Waals surface area contributed by atoms with E-state index in [9.17, 15) is 4.79 Å². The van der Waals surface area contributed by atoms with Crippen molar-refractivity contribution in [1.29, 1.82) is 0 Å². The Morgan fingerprint density at radius 2 is 2.15 bits per heavy atom. The first-order valence-electron chi connectivity index (χ1n) is 7.86. The van der Waals surface area contributed by atoms with Gasteiger partial charge < -0.3 is 9.84 Å². The van der Waals surface area contributed by atoms with Crippen molar-refractivity contribution >= 4 is 62.2 Å². The molecule has 8 heteroatoms. The van der Waals surface area contributed by atoms with Crippen LogP contribution in [-0.2, 0) is 17.6 Å². The van der Waals surface area contributed by atoms with Crippen LogP contribution in [0.15, 0.2) is 23.6 Å². The minimum Gasteiger partial charge on any atom is -0.484 e. The molecular formula is C18H12Cl3NO3S. The monoisotopic (exact) mass is 427 g/mol. The fourth-order valence-electron chi connectivity index (χ4n) is 3.24. The van der Waals surface area contributed by atoms with E-state index >= 15 is 0 Å². The Balaban J connectivity index is 1.71. The lowest BCUT2D eigenvalue weighted by Gasteiger charge is -2.17. The number of hydrogen-bond donors (Lipinski definition) is 1. The van der Waals surface area contributed by atoms with Crippen LogP contribution in [0.5, 0.6) is 5.75 Å². The van der Waals surface area contributed by atoms with Gasteiger partial charge in [0, 0.05) is 22.7 Å². The second kappa shape index (κ2) is 6.89. The number of pyridine rings is 1. The predicted molar refractivity (Wildman–Crippen MR) is 104 cm³/mol. The van der Waals surface area contributed by atoms with Gasteiger partial charge in [-0.3, -0.25) is 4.79 Å². The van der Waals surface area contributed by atoms with E-state index in [0.29, 0.717) is 31.9 Å². The van der Waals surface area contributed by atoms with Crippen molar-refractivity contribution < 1.29 is 14.6 Å². The number of halogens is 3. The third-order valence-electron chi connectivity index (χ3n) is 4.36. The Morgan fingerprint density at radius 3 is 2.92 bits per heavy atom. The van der Waals surface area contributed by atoms with Gasteiger partial charge in [0.25, 0.3) is 0 Å². The number of aliphatic carboxylic acids is 1. The zero-order chi connectivity index (χ0) is 18.4. The maximum absolute atomic E-state index is 11.0. The van der Waals surface area contributed by atoms with Crippen LogP contribution in [0, 0.1) is 0 Å². The summed E-state index contributed by atoms with van der Waals surface area (Å²) >= 11 is 20.3. The smallest absolute Gasteiger partial charge is 0.307 e. The van der Waals surface area contributed by atoms with Crippen LogP contribution < -0.4 is 4.74 Å². The summed E-state index contributed by atoms with van der Waals surface area (Å²) in [6, 6.07) is 5.33. The number of rotatable bonds is 4. The van der Waals surface area contributed by atoms with Crippen LogP contribution in [0.2, 0.25) is 15.2 Å². The molecule has 2 aromatic heterocycles. The fraction of sp³-hybridized carbons (Fsp3) is 0.222. The number of carbonyl (C=O) groups is 1. The summed E-state index contributed by atoms with van der Waals surface area (Å²) in [5.74, 6) is -0.424. The Morgan fingerprint density at radius 1 is 1.35 bits per heavy atom. The molecule has 1 unspecified atom stereocenters. The number of nitrogens with zero attached hydrogens (tertiary/aromatic N) is 1. The summed E-state index contributed by atoms with van der Waals surface area (Å²) < 4.78 is 6.88. The van der Waals surface area contributed by atoms with Crippen molar-refractivity contribution in [1.82, 2.24) is 4.98 Å². The first-order chi connectivity index (χ1) is 12.4. The molecule has 1 N–H and O–H groups in total. The number of thiophene rings is 1. The molecule has 2 heterocycles. The molecule has 0 radical (unpaired) electrons. The number of carboxylic acids is 1. The molecule has 1 aliphatic carbocycles. The fourth-order valence-corrected chi connectivity index (χ4v) is 5.12. The van der Waals surface area contributed by atoms with Crippen LogP contribution in [0.1, 0.15) is 29.3 Å². The molecule has 134 valence electrons. The molecule has 0 fully saturated rings. The number of benzene rings is 1. The highest BCUT2D eigenvalue weighted by atomic mass is 35.5. The molecular weight excluding hydrogens is 417 g/mol. The summed E-state index contributed by atoms with van der Waals surface area (Å²) in [7, 11) is 0. The van der Waals surface area contributed by atoms with Gasteiger partial charge in [-0.15, -0.1) is 11.3 Å². The van der Waals surface area contributed by atoms with E-state index in [-0.39, 0.29) is 12.5 Å². The molecule has 1 atom stereocenters. The largest absolute Gasteiger partial charge is 0.484 e. The van der Waals surface area contributed by atoms with Crippen molar-refractivity contribution in [2.24, 2.45) is 0 Å². The molecule has 1 aliphatic rings. The molecule has 0 spiro atoms. The van der Waals surface area contributed by atoms with Crippen molar-refractivity contribution in [3.8, 4) is 5.75 Å². The van der Waals surface area contributed by atoms with Crippen molar-refractivity contribution in [3.05, 3.63) is 55.6 Å². The Bertz CT molecular complexity index is 1030. The predicted octanol–water partition coefficient (Wildman–Crippen LogP) is 5.95. The zero-order valence-electron chi connectivity index (χ0n) is 13.3. The van der Waals surface area contributed by atoms with Crippen LogP contribution in [0.4, 0.5) is 0 Å². The van der Waals surface area contributed by atoms with Crippen molar-refractivity contribution in [3.63, 3.8) is 0 Å². The van der Waals surface area contributed by atoms with Crippen molar-refractivity contribution in [2.75, 3.05) is 0 Å². The topological polar surface area (TPSA) is 59.4 Å². The molecule has 0 bridgehead atoms. The Kier molecular flexibility index (Phi) is 4.73. The molecule has 3 aromatic rings. The molecule has 0 aliphatic heterocycles. The van der Waals surface area contributed by atoms with Gasteiger partial charge in [0.05, 0.1) is 16.1 Å². The zero-order valence-corrected chi connectivity index (χ0v) is 16.3. The molecule has 4 rings (SSSR count). The van der Waals surface area contributed by atoms with Gasteiger partial charge in [0.15, 0.2) is 0 Å². The van der Waals surface area contributed by atoms with E-state index in [0.717, 1.165) is 28.8 Å². The van der Waals surface area contributed by atoms with E-state index in [1.54, 1.807) is 17.5 Å². The maximum Gasteiger partial charge on any atom is 0.307 e. The summed E-state index contributed by atoms with van der Waals surface area (Å²) in [5, 5.41) is 12.9. The van der Waals surface area contributed by atoms with Gasteiger partial charge in [-0.1, -0.05) is 40.9 Å². The lowest BCUT2D eigenvalue weighted by atomic mass is 10.1. The van der Waals surface area contributed by atoms with Crippen LogP contribution in [0.25, 0.3) is 10.1 Å².